The Balaban J connectivity index is 2.43. The number of esters is 1. The zero-order valence-corrected chi connectivity index (χ0v) is 9.23. The van der Waals surface area contributed by atoms with Crippen molar-refractivity contribution in [2.75, 3.05) is 0 Å². The maximum Gasteiger partial charge on any atom is 0.302 e. The number of aromatic hydroxyl groups is 1. The van der Waals surface area contributed by atoms with Crippen molar-refractivity contribution >= 4 is 16.9 Å². The van der Waals surface area contributed by atoms with Crippen molar-refractivity contribution in [3.05, 3.63) is 30.0 Å². The van der Waals surface area contributed by atoms with Gasteiger partial charge >= 0.3 is 5.97 Å². The van der Waals surface area contributed by atoms with Gasteiger partial charge in [0.15, 0.2) is 0 Å². The van der Waals surface area contributed by atoms with E-state index in [4.69, 9.17) is 4.74 Å². The van der Waals surface area contributed by atoms with Gasteiger partial charge in [-0.25, -0.2) is 0 Å². The van der Waals surface area contributed by atoms with E-state index in [2.05, 4.69) is 0 Å². The van der Waals surface area contributed by atoms with Crippen LogP contribution in [0.25, 0.3) is 10.9 Å². The van der Waals surface area contributed by atoms with Crippen molar-refractivity contribution in [2.45, 2.75) is 13.5 Å². The largest absolute Gasteiger partial charge is 0.508 e. The number of hydrogen-bond donors (Lipinski definition) is 1. The predicted octanol–water partition coefficient (Wildman–Crippen LogP) is 1.95. The summed E-state index contributed by atoms with van der Waals surface area (Å²) in [5.41, 5.74) is 1.86. The Morgan fingerprint density at radius 3 is 2.94 bits per heavy atom. The Morgan fingerprint density at radius 2 is 2.25 bits per heavy atom. The molecule has 0 saturated heterocycles. The molecule has 0 fully saturated rings. The Labute approximate surface area is 93.1 Å². The van der Waals surface area contributed by atoms with E-state index in [0.717, 1.165) is 16.5 Å². The number of aromatic nitrogens is 1. The molecule has 1 heterocycles. The van der Waals surface area contributed by atoms with Gasteiger partial charge in [0.2, 0.25) is 0 Å². The molecule has 84 valence electrons. The van der Waals surface area contributed by atoms with Crippen LogP contribution in [0.5, 0.6) is 5.75 Å². The van der Waals surface area contributed by atoms with Crippen LogP contribution in [0.15, 0.2) is 24.4 Å². The topological polar surface area (TPSA) is 51.5 Å². The van der Waals surface area contributed by atoms with E-state index >= 15 is 0 Å². The van der Waals surface area contributed by atoms with E-state index in [9.17, 15) is 9.90 Å². The van der Waals surface area contributed by atoms with E-state index in [-0.39, 0.29) is 18.3 Å². The fourth-order valence-corrected chi connectivity index (χ4v) is 1.75. The molecule has 0 amide bonds. The highest BCUT2D eigenvalue weighted by molar-refractivity contribution is 5.85. The smallest absolute Gasteiger partial charge is 0.302 e. The van der Waals surface area contributed by atoms with Crippen LogP contribution in [0, 0.1) is 0 Å². The van der Waals surface area contributed by atoms with Crippen LogP contribution >= 0.6 is 0 Å². The average molecular weight is 219 g/mol. The molecule has 1 aromatic carbocycles. The molecule has 1 aromatic heterocycles. The number of benzene rings is 1. The second-order valence-electron chi connectivity index (χ2n) is 3.75. The maximum atomic E-state index is 10.7. The van der Waals surface area contributed by atoms with Gasteiger partial charge in [-0.2, -0.15) is 0 Å². The van der Waals surface area contributed by atoms with Gasteiger partial charge in [0.05, 0.1) is 5.52 Å². The molecule has 0 spiro atoms. The maximum absolute atomic E-state index is 10.7. The van der Waals surface area contributed by atoms with Crippen LogP contribution in [0.3, 0.4) is 0 Å². The molecule has 16 heavy (non-hydrogen) atoms. The van der Waals surface area contributed by atoms with Crippen LogP contribution in [0.1, 0.15) is 12.5 Å². The minimum Gasteiger partial charge on any atom is -0.508 e. The summed E-state index contributed by atoms with van der Waals surface area (Å²) in [5.74, 6) is -0.0662. The molecule has 4 heteroatoms. The molecular formula is C12H13NO3. The summed E-state index contributed by atoms with van der Waals surface area (Å²) in [5, 5.41) is 10.4. The number of nitrogens with zero attached hydrogens (tertiary/aromatic N) is 1. The number of fused-ring (bicyclic) bond motifs is 1. The standard InChI is InChI=1S/C12H13NO3/c1-8(14)16-7-9-6-13(2)12-5-10(15)3-4-11(9)12/h3-6,15H,7H2,1-2H3. The molecule has 0 radical (unpaired) electrons. The third-order valence-electron chi connectivity index (χ3n) is 2.49. The van der Waals surface area contributed by atoms with Gasteiger partial charge in [-0.3, -0.25) is 4.79 Å². The van der Waals surface area contributed by atoms with Gasteiger partial charge in [0.1, 0.15) is 12.4 Å². The molecule has 0 bridgehead atoms. The Bertz CT molecular complexity index is 542. The average Bonchev–Trinajstić information content (AvgIpc) is 2.53. The number of hydrogen-bond acceptors (Lipinski definition) is 3. The Hall–Kier alpha value is -1.97. The number of rotatable bonds is 2. The van der Waals surface area contributed by atoms with Crippen LogP contribution in [0.4, 0.5) is 0 Å². The Morgan fingerprint density at radius 1 is 1.50 bits per heavy atom. The van der Waals surface area contributed by atoms with Crippen LogP contribution in [-0.4, -0.2) is 15.6 Å². The predicted molar refractivity (Wildman–Crippen MR) is 60.1 cm³/mol. The van der Waals surface area contributed by atoms with Crippen molar-refractivity contribution in [2.24, 2.45) is 7.05 Å². The third-order valence-corrected chi connectivity index (χ3v) is 2.49. The van der Waals surface area contributed by atoms with Gasteiger partial charge in [-0.05, 0) is 12.1 Å². The lowest BCUT2D eigenvalue weighted by Crippen LogP contribution is -1.97. The minimum atomic E-state index is -0.296. The summed E-state index contributed by atoms with van der Waals surface area (Å²) in [7, 11) is 1.89. The lowest BCUT2D eigenvalue weighted by Gasteiger charge is -2.00. The molecule has 0 aliphatic heterocycles. The van der Waals surface area contributed by atoms with Gasteiger partial charge in [0, 0.05) is 37.2 Å². The Kier molecular flexibility index (Phi) is 2.56. The van der Waals surface area contributed by atoms with Gasteiger partial charge in [0.25, 0.3) is 0 Å². The SMILES string of the molecule is CC(=O)OCc1cn(C)c2cc(O)ccc12. The lowest BCUT2D eigenvalue weighted by molar-refractivity contribution is -0.142. The fraction of sp³-hybridized carbons (Fsp3) is 0.250. The van der Waals surface area contributed by atoms with Crippen molar-refractivity contribution in [3.8, 4) is 5.75 Å². The molecule has 1 N–H and O–H groups in total. The molecule has 0 aliphatic rings. The van der Waals surface area contributed by atoms with Crippen LogP contribution < -0.4 is 0 Å². The van der Waals surface area contributed by atoms with Crippen LogP contribution in [-0.2, 0) is 23.2 Å². The summed E-state index contributed by atoms with van der Waals surface area (Å²) in [6.07, 6.45) is 1.90. The number of carbonyl (C=O) groups is 1. The summed E-state index contributed by atoms with van der Waals surface area (Å²) in [4.78, 5) is 10.7. The monoisotopic (exact) mass is 219 g/mol. The zero-order chi connectivity index (χ0) is 11.7. The van der Waals surface area contributed by atoms with Gasteiger partial charge in [-0.15, -0.1) is 0 Å². The first kappa shape index (κ1) is 10.5. The van der Waals surface area contributed by atoms with Crippen molar-refractivity contribution in [3.63, 3.8) is 0 Å². The number of phenols is 1. The second kappa shape index (κ2) is 3.89. The quantitative estimate of drug-likeness (QED) is 0.785. The molecule has 0 aliphatic carbocycles. The number of phenolic OH excluding ortho intramolecular Hbond substituents is 1. The van der Waals surface area contributed by atoms with Gasteiger partial charge in [-0.1, -0.05) is 0 Å². The van der Waals surface area contributed by atoms with Crippen molar-refractivity contribution < 1.29 is 14.6 Å². The highest BCUT2D eigenvalue weighted by Gasteiger charge is 2.08. The highest BCUT2D eigenvalue weighted by atomic mass is 16.5. The lowest BCUT2D eigenvalue weighted by atomic mass is 10.2. The van der Waals surface area contributed by atoms with E-state index in [0.29, 0.717) is 0 Å². The molecule has 4 nitrogen and oxygen atoms in total. The van der Waals surface area contributed by atoms with Crippen LogP contribution in [0.2, 0.25) is 0 Å². The highest BCUT2D eigenvalue weighted by Crippen LogP contribution is 2.24. The first-order valence-electron chi connectivity index (χ1n) is 4.98. The molecular weight excluding hydrogens is 206 g/mol. The molecule has 2 aromatic rings. The molecule has 0 saturated carbocycles. The van der Waals surface area contributed by atoms with Gasteiger partial charge < -0.3 is 14.4 Å². The first-order valence-corrected chi connectivity index (χ1v) is 4.98. The summed E-state index contributed by atoms with van der Waals surface area (Å²) in [6.45, 7) is 1.65. The summed E-state index contributed by atoms with van der Waals surface area (Å²) in [6, 6.07) is 5.13. The number of carbonyl (C=O) groups excluding carboxylic acids is 1. The van der Waals surface area contributed by atoms with E-state index < -0.39 is 0 Å². The van der Waals surface area contributed by atoms with Crippen molar-refractivity contribution in [1.29, 1.82) is 0 Å². The van der Waals surface area contributed by atoms with Crippen molar-refractivity contribution in [1.82, 2.24) is 4.57 Å². The second-order valence-corrected chi connectivity index (χ2v) is 3.75. The summed E-state index contributed by atoms with van der Waals surface area (Å²) < 4.78 is 6.86. The fourth-order valence-electron chi connectivity index (χ4n) is 1.75. The molecule has 0 unspecified atom stereocenters. The van der Waals surface area contributed by atoms with E-state index in [1.807, 2.05) is 23.9 Å². The first-order chi connectivity index (χ1) is 7.58. The molecule has 0 atom stereocenters. The summed E-state index contributed by atoms with van der Waals surface area (Å²) >= 11 is 0. The normalized spacial score (nSPS) is 10.6. The number of aryl methyl sites for hydroxylation is 1. The van der Waals surface area contributed by atoms with E-state index in [1.54, 1.807) is 12.1 Å². The van der Waals surface area contributed by atoms with E-state index in [1.165, 1.54) is 6.92 Å². The third kappa shape index (κ3) is 1.86. The zero-order valence-electron chi connectivity index (χ0n) is 9.23. The number of ether oxygens (including phenoxy) is 1. The molecule has 2 rings (SSSR count). The minimum absolute atomic E-state index is 0.229.